The summed E-state index contributed by atoms with van der Waals surface area (Å²) in [5.41, 5.74) is 3.38. The molecule has 0 N–H and O–H groups in total. The zero-order valence-electron chi connectivity index (χ0n) is 17.5. The molecule has 2 aromatic carbocycles. The molecule has 0 atom stereocenters. The molecule has 0 radical (unpaired) electrons. The van der Waals surface area contributed by atoms with Crippen molar-refractivity contribution in [2.24, 2.45) is 0 Å². The lowest BCUT2D eigenvalue weighted by Gasteiger charge is -2.35. The van der Waals surface area contributed by atoms with Crippen LogP contribution in [-0.4, -0.2) is 46.5 Å². The first kappa shape index (κ1) is 20.5. The Balaban J connectivity index is 1.32. The topological polar surface area (TPSA) is 41.6 Å². The average Bonchev–Trinajstić information content (AvgIpc) is 3.38. The lowest BCUT2D eigenvalue weighted by atomic mass is 10.2. The number of rotatable bonds is 5. The zero-order chi connectivity index (χ0) is 22.1. The van der Waals surface area contributed by atoms with Crippen LogP contribution in [0.2, 0.25) is 0 Å². The maximum absolute atomic E-state index is 14.0. The van der Waals surface area contributed by atoms with Gasteiger partial charge in [0.1, 0.15) is 17.3 Å². The minimum atomic E-state index is -0.308. The highest BCUT2D eigenvalue weighted by molar-refractivity contribution is 5.97. The number of piperazine rings is 1. The van der Waals surface area contributed by atoms with Crippen LogP contribution in [0.4, 0.5) is 8.78 Å². The fourth-order valence-electron chi connectivity index (χ4n) is 4.28. The highest BCUT2D eigenvalue weighted by Gasteiger charge is 2.26. The monoisotopic (exact) mass is 435 g/mol. The van der Waals surface area contributed by atoms with E-state index in [1.165, 1.54) is 18.2 Å². The van der Waals surface area contributed by atoms with E-state index in [1.807, 2.05) is 27.7 Å². The Morgan fingerprint density at radius 2 is 1.72 bits per heavy atom. The molecule has 1 amide bonds. The summed E-state index contributed by atoms with van der Waals surface area (Å²) >= 11 is 0. The van der Waals surface area contributed by atoms with E-state index in [0.717, 1.165) is 11.1 Å². The van der Waals surface area contributed by atoms with Crippen molar-refractivity contribution in [1.29, 1.82) is 0 Å². The summed E-state index contributed by atoms with van der Waals surface area (Å²) < 4.78 is 35.1. The van der Waals surface area contributed by atoms with E-state index in [4.69, 9.17) is 4.42 Å². The molecule has 5 nitrogen and oxygen atoms in total. The summed E-state index contributed by atoms with van der Waals surface area (Å²) in [6, 6.07) is 16.7. The number of benzene rings is 2. The molecule has 0 saturated carbocycles. The molecule has 1 saturated heterocycles. The number of aromatic nitrogens is 1. The number of amides is 1. The van der Waals surface area contributed by atoms with Crippen LogP contribution in [0.15, 0.2) is 71.3 Å². The average molecular weight is 435 g/mol. The first-order valence-corrected chi connectivity index (χ1v) is 10.6. The second kappa shape index (κ2) is 8.59. The third-order valence-electron chi connectivity index (χ3n) is 5.98. The van der Waals surface area contributed by atoms with Crippen molar-refractivity contribution in [2.45, 2.75) is 13.1 Å². The van der Waals surface area contributed by atoms with E-state index < -0.39 is 0 Å². The molecule has 2 aromatic heterocycles. The number of carbonyl (C=O) groups excluding carboxylic acids is 1. The molecule has 5 rings (SSSR count). The Morgan fingerprint density at radius 1 is 0.906 bits per heavy atom. The number of furan rings is 1. The molecule has 164 valence electrons. The Morgan fingerprint density at radius 3 is 2.50 bits per heavy atom. The van der Waals surface area contributed by atoms with Gasteiger partial charge in [0.25, 0.3) is 5.91 Å². The van der Waals surface area contributed by atoms with E-state index in [2.05, 4.69) is 4.90 Å². The van der Waals surface area contributed by atoms with Gasteiger partial charge in [-0.25, -0.2) is 8.78 Å². The number of carbonyl (C=O) groups is 1. The van der Waals surface area contributed by atoms with Gasteiger partial charge in [0.05, 0.1) is 11.8 Å². The largest absolute Gasteiger partial charge is 0.463 e. The Bertz CT molecular complexity index is 1260. The lowest BCUT2D eigenvalue weighted by molar-refractivity contribution is 0.0617. The zero-order valence-corrected chi connectivity index (χ0v) is 17.5. The summed E-state index contributed by atoms with van der Waals surface area (Å²) in [7, 11) is 0. The standard InChI is InChI=1S/C25H23F2N3O2/c26-20-6-3-4-18(14-20)16-30-22-8-13-32-24(22)15-23(30)25(31)29-11-9-28(10-12-29)17-19-5-1-2-7-21(19)27/h1-8,13-15H,9-12,16-17H2. The number of halogens is 2. The summed E-state index contributed by atoms with van der Waals surface area (Å²) in [5.74, 6) is -0.598. The van der Waals surface area contributed by atoms with Gasteiger partial charge in [-0.05, 0) is 23.8 Å². The van der Waals surface area contributed by atoms with E-state index in [-0.39, 0.29) is 17.5 Å². The van der Waals surface area contributed by atoms with Gasteiger partial charge in [-0.15, -0.1) is 0 Å². The molecular weight excluding hydrogens is 412 g/mol. The number of hydrogen-bond donors (Lipinski definition) is 0. The van der Waals surface area contributed by atoms with E-state index in [9.17, 15) is 13.6 Å². The second-order valence-electron chi connectivity index (χ2n) is 8.08. The van der Waals surface area contributed by atoms with Crippen LogP contribution in [0.3, 0.4) is 0 Å². The van der Waals surface area contributed by atoms with Crippen molar-refractivity contribution >= 4 is 17.0 Å². The van der Waals surface area contributed by atoms with E-state index >= 15 is 0 Å². The van der Waals surface area contributed by atoms with Crippen LogP contribution in [0, 0.1) is 11.6 Å². The lowest BCUT2D eigenvalue weighted by Crippen LogP contribution is -2.48. The van der Waals surface area contributed by atoms with Crippen molar-refractivity contribution in [2.75, 3.05) is 26.2 Å². The van der Waals surface area contributed by atoms with Crippen LogP contribution in [0.5, 0.6) is 0 Å². The first-order chi connectivity index (χ1) is 15.6. The van der Waals surface area contributed by atoms with Gasteiger partial charge in [-0.2, -0.15) is 0 Å². The molecule has 4 aromatic rings. The normalized spacial score (nSPS) is 14.9. The predicted octanol–water partition coefficient (Wildman–Crippen LogP) is 4.52. The highest BCUT2D eigenvalue weighted by atomic mass is 19.1. The highest BCUT2D eigenvalue weighted by Crippen LogP contribution is 2.24. The van der Waals surface area contributed by atoms with Gasteiger partial charge < -0.3 is 13.9 Å². The molecule has 0 spiro atoms. The van der Waals surface area contributed by atoms with Gasteiger partial charge in [-0.1, -0.05) is 30.3 Å². The third kappa shape index (κ3) is 4.03. The van der Waals surface area contributed by atoms with Gasteiger partial charge in [-0.3, -0.25) is 9.69 Å². The fraction of sp³-hybridized carbons (Fsp3) is 0.240. The van der Waals surface area contributed by atoms with Gasteiger partial charge in [0.15, 0.2) is 5.58 Å². The maximum Gasteiger partial charge on any atom is 0.270 e. The molecule has 1 aliphatic heterocycles. The quantitative estimate of drug-likeness (QED) is 0.463. The SMILES string of the molecule is O=C(c1cc2occc2n1Cc1cccc(F)c1)N1CCN(Cc2ccccc2F)CC1. The molecule has 1 aliphatic rings. The van der Waals surface area contributed by atoms with Gasteiger partial charge in [0, 0.05) is 57.0 Å². The molecule has 7 heteroatoms. The van der Waals surface area contributed by atoms with Crippen molar-refractivity contribution in [3.63, 3.8) is 0 Å². The van der Waals surface area contributed by atoms with Crippen LogP contribution < -0.4 is 0 Å². The minimum absolute atomic E-state index is 0.0849. The fourth-order valence-corrected chi connectivity index (χ4v) is 4.28. The van der Waals surface area contributed by atoms with Crippen molar-refractivity contribution in [1.82, 2.24) is 14.4 Å². The number of hydrogen-bond acceptors (Lipinski definition) is 3. The summed E-state index contributed by atoms with van der Waals surface area (Å²) in [5, 5.41) is 0. The van der Waals surface area contributed by atoms with E-state index in [0.29, 0.717) is 56.1 Å². The first-order valence-electron chi connectivity index (χ1n) is 10.6. The van der Waals surface area contributed by atoms with Gasteiger partial charge >= 0.3 is 0 Å². The third-order valence-corrected chi connectivity index (χ3v) is 5.98. The molecule has 1 fully saturated rings. The van der Waals surface area contributed by atoms with Crippen molar-refractivity contribution in [3.8, 4) is 0 Å². The molecule has 0 aliphatic carbocycles. The minimum Gasteiger partial charge on any atom is -0.463 e. The van der Waals surface area contributed by atoms with Crippen molar-refractivity contribution < 1.29 is 18.0 Å². The Kier molecular flexibility index (Phi) is 5.49. The van der Waals surface area contributed by atoms with E-state index in [1.54, 1.807) is 30.5 Å². The molecule has 32 heavy (non-hydrogen) atoms. The van der Waals surface area contributed by atoms with Crippen LogP contribution >= 0.6 is 0 Å². The van der Waals surface area contributed by atoms with Crippen LogP contribution in [-0.2, 0) is 13.1 Å². The molecular formula is C25H23F2N3O2. The molecule has 3 heterocycles. The van der Waals surface area contributed by atoms with Crippen LogP contribution in [0.1, 0.15) is 21.6 Å². The summed E-state index contributed by atoms with van der Waals surface area (Å²) in [6.45, 7) is 3.34. The summed E-state index contributed by atoms with van der Waals surface area (Å²) in [6.07, 6.45) is 1.59. The number of nitrogens with zero attached hydrogens (tertiary/aromatic N) is 3. The second-order valence-corrected chi connectivity index (χ2v) is 8.08. The van der Waals surface area contributed by atoms with Crippen LogP contribution in [0.25, 0.3) is 11.1 Å². The molecule has 0 bridgehead atoms. The molecule has 0 unspecified atom stereocenters. The number of fused-ring (bicyclic) bond motifs is 1. The smallest absolute Gasteiger partial charge is 0.270 e. The Hall–Kier alpha value is -3.45. The maximum atomic E-state index is 14.0. The Labute approximate surface area is 184 Å². The predicted molar refractivity (Wildman–Crippen MR) is 117 cm³/mol. The van der Waals surface area contributed by atoms with Crippen molar-refractivity contribution in [3.05, 3.63) is 95.4 Å². The summed E-state index contributed by atoms with van der Waals surface area (Å²) in [4.78, 5) is 17.3. The van der Waals surface area contributed by atoms with Gasteiger partial charge in [0.2, 0.25) is 0 Å².